The third-order valence-corrected chi connectivity index (χ3v) is 1.50. The number of hydrogen-bond donors (Lipinski definition) is 3. The van der Waals surface area contributed by atoms with Crippen molar-refractivity contribution in [2.24, 2.45) is 0 Å². The predicted octanol–water partition coefficient (Wildman–Crippen LogP) is -0.685. The Morgan fingerprint density at radius 1 is 1.71 bits per heavy atom. The molecule has 8 heteroatoms. The lowest BCUT2D eigenvalue weighted by molar-refractivity contribution is -0.0311. The molecule has 4 N–H and O–H groups in total. The molecule has 0 spiro atoms. The second-order valence-corrected chi connectivity index (χ2v) is 2.46. The monoisotopic (exact) mass is 201 g/mol. The molecule has 0 aliphatic heterocycles. The van der Waals surface area contributed by atoms with E-state index in [0.29, 0.717) is 5.06 Å². The quantitative estimate of drug-likeness (QED) is 0.335. The minimum Gasteiger partial charge on any atom is -0.383 e. The van der Waals surface area contributed by atoms with Crippen LogP contribution in [0.15, 0.2) is 4.63 Å². The predicted molar refractivity (Wildman–Crippen MR) is 45.9 cm³/mol. The summed E-state index contributed by atoms with van der Waals surface area (Å²) >= 11 is 0. The van der Waals surface area contributed by atoms with Crippen LogP contribution < -0.4 is 5.73 Å². The van der Waals surface area contributed by atoms with E-state index in [-0.39, 0.29) is 30.5 Å². The van der Waals surface area contributed by atoms with E-state index in [4.69, 9.17) is 15.9 Å². The van der Waals surface area contributed by atoms with Crippen molar-refractivity contribution in [2.75, 3.05) is 26.0 Å². The second-order valence-electron chi connectivity index (χ2n) is 2.46. The molecule has 0 atom stereocenters. The molecule has 8 nitrogen and oxygen atoms in total. The number of nitrogens with zero attached hydrogens (tertiary/aromatic N) is 3. The Hall–Kier alpha value is -1.67. The van der Waals surface area contributed by atoms with Gasteiger partial charge in [0.2, 0.25) is 0 Å². The van der Waals surface area contributed by atoms with Gasteiger partial charge in [-0.3, -0.25) is 10.6 Å². The van der Waals surface area contributed by atoms with Gasteiger partial charge in [-0.05, 0) is 10.3 Å². The Morgan fingerprint density at radius 3 is 2.93 bits per heavy atom. The molecule has 0 radical (unpaired) electrons. The van der Waals surface area contributed by atoms with Crippen molar-refractivity contribution in [1.82, 2.24) is 15.4 Å². The molecular weight excluding hydrogens is 190 g/mol. The molecule has 1 heterocycles. The number of ether oxygens (including phenoxy) is 1. The number of nitrogens with one attached hydrogen (secondary N) is 1. The summed E-state index contributed by atoms with van der Waals surface area (Å²) in [7, 11) is 1.49. The number of hydroxylamine groups is 2. The smallest absolute Gasteiger partial charge is 0.199 e. The van der Waals surface area contributed by atoms with Crippen LogP contribution in [0.4, 0.5) is 5.82 Å². The van der Waals surface area contributed by atoms with Crippen LogP contribution in [0.2, 0.25) is 0 Å². The zero-order valence-corrected chi connectivity index (χ0v) is 7.60. The molecule has 1 rings (SSSR count). The lowest BCUT2D eigenvalue weighted by Gasteiger charge is -2.14. The van der Waals surface area contributed by atoms with Crippen molar-refractivity contribution in [1.29, 1.82) is 5.41 Å². The maximum absolute atomic E-state index is 9.31. The van der Waals surface area contributed by atoms with Crippen LogP contribution in [0.1, 0.15) is 5.69 Å². The Balaban J connectivity index is 2.61. The summed E-state index contributed by atoms with van der Waals surface area (Å²) in [4.78, 5) is 0. The summed E-state index contributed by atoms with van der Waals surface area (Å²) in [6, 6.07) is 0. The van der Waals surface area contributed by atoms with Crippen LogP contribution in [0.25, 0.3) is 0 Å². The molecule has 0 fully saturated rings. The molecule has 78 valence electrons. The third kappa shape index (κ3) is 2.18. The average Bonchev–Trinajstić information content (AvgIpc) is 2.59. The van der Waals surface area contributed by atoms with Gasteiger partial charge < -0.3 is 10.5 Å². The summed E-state index contributed by atoms with van der Waals surface area (Å²) < 4.78 is 9.01. The largest absolute Gasteiger partial charge is 0.383 e. The first-order valence-electron chi connectivity index (χ1n) is 3.79. The first kappa shape index (κ1) is 10.4. The molecule has 0 bridgehead atoms. The molecular formula is C6H11N5O3. The fourth-order valence-electron chi connectivity index (χ4n) is 0.772. The van der Waals surface area contributed by atoms with Crippen molar-refractivity contribution < 1.29 is 14.6 Å². The maximum atomic E-state index is 9.31. The highest BCUT2D eigenvalue weighted by molar-refractivity contribution is 5.97. The second kappa shape index (κ2) is 4.53. The van der Waals surface area contributed by atoms with Gasteiger partial charge in [-0.1, -0.05) is 0 Å². The molecule has 1 aromatic heterocycles. The van der Waals surface area contributed by atoms with Crippen LogP contribution in [0.3, 0.4) is 0 Å². The van der Waals surface area contributed by atoms with Crippen molar-refractivity contribution in [3.63, 3.8) is 0 Å². The average molecular weight is 201 g/mol. The van der Waals surface area contributed by atoms with Gasteiger partial charge in [-0.15, -0.1) is 0 Å². The molecule has 0 saturated heterocycles. The van der Waals surface area contributed by atoms with E-state index in [9.17, 15) is 5.21 Å². The van der Waals surface area contributed by atoms with Gasteiger partial charge in [-0.2, -0.15) is 0 Å². The van der Waals surface area contributed by atoms with Crippen molar-refractivity contribution in [3.8, 4) is 0 Å². The molecule has 14 heavy (non-hydrogen) atoms. The maximum Gasteiger partial charge on any atom is 0.199 e. The summed E-state index contributed by atoms with van der Waals surface area (Å²) in [6.45, 7) is 0.422. The highest BCUT2D eigenvalue weighted by atomic mass is 16.6. The summed E-state index contributed by atoms with van der Waals surface area (Å²) in [5.41, 5.74) is 5.33. The van der Waals surface area contributed by atoms with Gasteiger partial charge in [0.15, 0.2) is 17.3 Å². The minimum atomic E-state index is -0.277. The zero-order valence-electron chi connectivity index (χ0n) is 7.60. The lowest BCUT2D eigenvalue weighted by atomic mass is 10.4. The fraction of sp³-hybridized carbons (Fsp3) is 0.500. The number of aromatic nitrogens is 2. The van der Waals surface area contributed by atoms with Gasteiger partial charge in [0, 0.05) is 7.11 Å². The minimum absolute atomic E-state index is 0.00334. The Bertz CT molecular complexity index is 312. The van der Waals surface area contributed by atoms with Crippen molar-refractivity contribution in [2.45, 2.75) is 0 Å². The Morgan fingerprint density at radius 2 is 2.43 bits per heavy atom. The highest BCUT2D eigenvalue weighted by Gasteiger charge is 2.17. The number of rotatable bonds is 4. The van der Waals surface area contributed by atoms with E-state index in [1.54, 1.807) is 0 Å². The number of methoxy groups -OCH3 is 1. The van der Waals surface area contributed by atoms with Crippen LogP contribution in [-0.4, -0.2) is 46.7 Å². The number of nitrogens with two attached hydrogens (primary N) is 1. The first-order valence-corrected chi connectivity index (χ1v) is 3.79. The van der Waals surface area contributed by atoms with Crippen LogP contribution in [-0.2, 0) is 4.74 Å². The Kier molecular flexibility index (Phi) is 3.37. The summed E-state index contributed by atoms with van der Waals surface area (Å²) in [6.07, 6.45) is 0. The van der Waals surface area contributed by atoms with Crippen molar-refractivity contribution in [3.05, 3.63) is 5.69 Å². The topological polar surface area (TPSA) is 121 Å². The normalized spacial score (nSPS) is 10.1. The van der Waals surface area contributed by atoms with Gasteiger partial charge in [0.1, 0.15) is 0 Å². The van der Waals surface area contributed by atoms with Crippen LogP contribution >= 0.6 is 0 Å². The molecule has 0 aromatic carbocycles. The molecule has 1 aromatic rings. The highest BCUT2D eigenvalue weighted by Crippen LogP contribution is 2.06. The van der Waals surface area contributed by atoms with E-state index in [2.05, 4.69) is 14.9 Å². The van der Waals surface area contributed by atoms with E-state index in [0.717, 1.165) is 0 Å². The van der Waals surface area contributed by atoms with E-state index < -0.39 is 0 Å². The van der Waals surface area contributed by atoms with Crippen LogP contribution in [0.5, 0.6) is 0 Å². The van der Waals surface area contributed by atoms with Crippen LogP contribution in [0, 0.1) is 5.41 Å². The Labute approximate surface area is 79.7 Å². The number of nitrogen functional groups attached to an aromatic ring is 1. The van der Waals surface area contributed by atoms with Gasteiger partial charge in [-0.25, -0.2) is 9.69 Å². The SMILES string of the molecule is COCCN(O)C(=N)c1nonc1N. The van der Waals surface area contributed by atoms with Gasteiger partial charge in [0.25, 0.3) is 0 Å². The number of anilines is 1. The fourth-order valence-corrected chi connectivity index (χ4v) is 0.772. The van der Waals surface area contributed by atoms with E-state index in [1.807, 2.05) is 0 Å². The zero-order chi connectivity index (χ0) is 10.6. The van der Waals surface area contributed by atoms with Crippen molar-refractivity contribution >= 4 is 11.7 Å². The summed E-state index contributed by atoms with van der Waals surface area (Å²) in [5, 5.41) is 24.1. The molecule has 0 unspecified atom stereocenters. The molecule has 0 amide bonds. The lowest BCUT2D eigenvalue weighted by Crippen LogP contribution is -2.31. The number of amidine groups is 1. The van der Waals surface area contributed by atoms with Gasteiger partial charge in [0.05, 0.1) is 13.2 Å². The van der Waals surface area contributed by atoms with E-state index >= 15 is 0 Å². The standard InChI is InChI=1S/C6H11N5O3/c1-13-3-2-11(12)6(8)4-5(7)10-14-9-4/h8,12H,2-3H2,1H3,(H2,7,10). The molecule has 0 aliphatic carbocycles. The third-order valence-electron chi connectivity index (χ3n) is 1.50. The molecule has 0 aliphatic rings. The van der Waals surface area contributed by atoms with E-state index in [1.165, 1.54) is 7.11 Å². The number of hydrogen-bond acceptors (Lipinski definition) is 7. The first-order chi connectivity index (χ1) is 6.66. The molecule has 0 saturated carbocycles. The van der Waals surface area contributed by atoms with Gasteiger partial charge >= 0.3 is 0 Å². The summed E-state index contributed by atoms with van der Waals surface area (Å²) in [5.74, 6) is -0.313.